The number of carbonyl (C=O) groups excluding carboxylic acids is 1. The molecule has 100 valence electrons. The summed E-state index contributed by atoms with van der Waals surface area (Å²) in [6, 6.07) is 0. The number of carbonyl (C=O) groups is 1. The maximum Gasteiger partial charge on any atom is 0.309 e. The first kappa shape index (κ1) is 13.1. The molecule has 0 N–H and O–H groups in total. The predicted molar refractivity (Wildman–Crippen MR) is 67.9 cm³/mol. The summed E-state index contributed by atoms with van der Waals surface area (Å²) >= 11 is 0. The van der Waals surface area contributed by atoms with Crippen LogP contribution in [0.2, 0.25) is 0 Å². The molecular formula is C13H21N3O2. The van der Waals surface area contributed by atoms with Gasteiger partial charge in [0.2, 0.25) is 0 Å². The maximum absolute atomic E-state index is 11.6. The average Bonchev–Trinajstić information content (AvgIpc) is 2.85. The van der Waals surface area contributed by atoms with E-state index in [4.69, 9.17) is 4.74 Å². The van der Waals surface area contributed by atoms with Crippen molar-refractivity contribution in [2.24, 2.45) is 5.92 Å². The van der Waals surface area contributed by atoms with Crippen LogP contribution in [0.1, 0.15) is 25.5 Å². The van der Waals surface area contributed by atoms with Gasteiger partial charge < -0.3 is 9.30 Å². The third-order valence-electron chi connectivity index (χ3n) is 3.56. The summed E-state index contributed by atoms with van der Waals surface area (Å²) in [6.07, 6.45) is 5.76. The molecule has 1 aromatic heterocycles. The molecule has 0 radical (unpaired) electrons. The van der Waals surface area contributed by atoms with Crippen LogP contribution in [0.5, 0.6) is 0 Å². The summed E-state index contributed by atoms with van der Waals surface area (Å²) < 4.78 is 6.98. The lowest BCUT2D eigenvalue weighted by atomic mass is 9.98. The standard InChI is InChI=1S/C13H21N3O2/c1-3-16-10-14-7-12(16)9-15-6-4-5-11(8-15)13(17)18-2/h7,10-11H,3-6,8-9H2,1-2H3. The lowest BCUT2D eigenvalue weighted by Crippen LogP contribution is -2.39. The number of aromatic nitrogens is 2. The molecule has 18 heavy (non-hydrogen) atoms. The first-order valence-corrected chi connectivity index (χ1v) is 6.53. The first-order valence-electron chi connectivity index (χ1n) is 6.53. The van der Waals surface area contributed by atoms with Crippen molar-refractivity contribution in [2.45, 2.75) is 32.9 Å². The fraction of sp³-hybridized carbons (Fsp3) is 0.692. The molecule has 1 aliphatic rings. The zero-order chi connectivity index (χ0) is 13.0. The fourth-order valence-electron chi connectivity index (χ4n) is 2.55. The summed E-state index contributed by atoms with van der Waals surface area (Å²) in [5.41, 5.74) is 1.21. The van der Waals surface area contributed by atoms with Crippen LogP contribution < -0.4 is 0 Å². The van der Waals surface area contributed by atoms with Crippen molar-refractivity contribution in [2.75, 3.05) is 20.2 Å². The van der Waals surface area contributed by atoms with E-state index in [2.05, 4.69) is 21.4 Å². The van der Waals surface area contributed by atoms with Gasteiger partial charge in [-0.05, 0) is 26.3 Å². The normalized spacial score (nSPS) is 20.9. The van der Waals surface area contributed by atoms with Gasteiger partial charge in [-0.3, -0.25) is 9.69 Å². The zero-order valence-corrected chi connectivity index (χ0v) is 11.1. The summed E-state index contributed by atoms with van der Waals surface area (Å²) in [7, 11) is 1.47. The number of ether oxygens (including phenoxy) is 1. The second-order valence-corrected chi connectivity index (χ2v) is 4.77. The van der Waals surface area contributed by atoms with E-state index < -0.39 is 0 Å². The van der Waals surface area contributed by atoms with Gasteiger partial charge in [-0.15, -0.1) is 0 Å². The fourth-order valence-corrected chi connectivity index (χ4v) is 2.55. The third kappa shape index (κ3) is 2.90. The van der Waals surface area contributed by atoms with E-state index in [0.29, 0.717) is 0 Å². The Morgan fingerprint density at radius 2 is 2.44 bits per heavy atom. The van der Waals surface area contributed by atoms with E-state index in [1.807, 2.05) is 12.5 Å². The second kappa shape index (κ2) is 6.00. The second-order valence-electron chi connectivity index (χ2n) is 4.77. The van der Waals surface area contributed by atoms with Crippen LogP contribution in [0.4, 0.5) is 0 Å². The summed E-state index contributed by atoms with van der Waals surface area (Å²) in [5.74, 6) is -0.0505. The van der Waals surface area contributed by atoms with E-state index in [0.717, 1.165) is 39.0 Å². The summed E-state index contributed by atoms with van der Waals surface area (Å²) in [4.78, 5) is 18.1. The average molecular weight is 251 g/mol. The monoisotopic (exact) mass is 251 g/mol. The number of esters is 1. The van der Waals surface area contributed by atoms with Gasteiger partial charge in [-0.25, -0.2) is 4.98 Å². The van der Waals surface area contributed by atoms with Crippen LogP contribution >= 0.6 is 0 Å². The highest BCUT2D eigenvalue weighted by atomic mass is 16.5. The molecule has 0 saturated carbocycles. The molecule has 2 heterocycles. The lowest BCUT2D eigenvalue weighted by molar-refractivity contribution is -0.147. The van der Waals surface area contributed by atoms with Crippen LogP contribution in [-0.2, 0) is 22.6 Å². The van der Waals surface area contributed by atoms with Crippen molar-refractivity contribution in [1.29, 1.82) is 0 Å². The van der Waals surface area contributed by atoms with Gasteiger partial charge >= 0.3 is 5.97 Å². The number of hydrogen-bond acceptors (Lipinski definition) is 4. The third-order valence-corrected chi connectivity index (χ3v) is 3.56. The smallest absolute Gasteiger partial charge is 0.309 e. The minimum absolute atomic E-state index is 0.0294. The molecule has 1 fully saturated rings. The van der Waals surface area contributed by atoms with Crippen LogP contribution in [0.3, 0.4) is 0 Å². The van der Waals surface area contributed by atoms with E-state index in [1.54, 1.807) is 0 Å². The van der Waals surface area contributed by atoms with Gasteiger partial charge in [0.15, 0.2) is 0 Å². The van der Waals surface area contributed by atoms with Crippen LogP contribution in [0, 0.1) is 5.92 Å². The highest BCUT2D eigenvalue weighted by molar-refractivity contribution is 5.72. The Labute approximate surface area is 108 Å². The Hall–Kier alpha value is -1.36. The number of imidazole rings is 1. The van der Waals surface area contributed by atoms with Crippen molar-refractivity contribution in [3.05, 3.63) is 18.2 Å². The SMILES string of the molecule is CCn1cncc1CN1CCCC(C(=O)OC)C1. The zero-order valence-electron chi connectivity index (χ0n) is 11.1. The highest BCUT2D eigenvalue weighted by Gasteiger charge is 2.26. The molecule has 1 aromatic rings. The van der Waals surface area contributed by atoms with Crippen molar-refractivity contribution in [3.63, 3.8) is 0 Å². The number of nitrogens with zero attached hydrogens (tertiary/aromatic N) is 3. The van der Waals surface area contributed by atoms with Crippen LogP contribution in [-0.4, -0.2) is 40.6 Å². The predicted octanol–water partition coefficient (Wildman–Crippen LogP) is 1.29. The van der Waals surface area contributed by atoms with E-state index in [-0.39, 0.29) is 11.9 Å². The van der Waals surface area contributed by atoms with E-state index in [9.17, 15) is 4.79 Å². The maximum atomic E-state index is 11.6. The Morgan fingerprint density at radius 1 is 1.61 bits per heavy atom. The van der Waals surface area contributed by atoms with Crippen LogP contribution in [0.25, 0.3) is 0 Å². The summed E-state index contributed by atoms with van der Waals surface area (Å²) in [6.45, 7) is 5.74. The van der Waals surface area contributed by atoms with Gasteiger partial charge in [0, 0.05) is 25.8 Å². The van der Waals surface area contributed by atoms with Gasteiger partial charge in [-0.1, -0.05) is 0 Å². The molecule has 0 amide bonds. The number of rotatable bonds is 4. The Balaban J connectivity index is 1.95. The molecule has 0 aromatic carbocycles. The van der Waals surface area contributed by atoms with Crippen molar-refractivity contribution >= 4 is 5.97 Å². The topological polar surface area (TPSA) is 47.4 Å². The number of hydrogen-bond donors (Lipinski definition) is 0. The molecular weight excluding hydrogens is 230 g/mol. The van der Waals surface area contributed by atoms with Crippen molar-refractivity contribution < 1.29 is 9.53 Å². The van der Waals surface area contributed by atoms with E-state index in [1.165, 1.54) is 12.8 Å². The molecule has 1 saturated heterocycles. The molecule has 0 aliphatic carbocycles. The minimum Gasteiger partial charge on any atom is -0.469 e. The van der Waals surface area contributed by atoms with Gasteiger partial charge in [-0.2, -0.15) is 0 Å². The highest BCUT2D eigenvalue weighted by Crippen LogP contribution is 2.19. The van der Waals surface area contributed by atoms with E-state index >= 15 is 0 Å². The molecule has 1 atom stereocenters. The number of likely N-dealkylation sites (tertiary alicyclic amines) is 1. The first-order chi connectivity index (χ1) is 8.74. The Bertz CT molecular complexity index is 403. The minimum atomic E-state index is -0.0799. The Morgan fingerprint density at radius 3 is 3.17 bits per heavy atom. The summed E-state index contributed by atoms with van der Waals surface area (Å²) in [5, 5.41) is 0. The number of aryl methyl sites for hydroxylation is 1. The van der Waals surface area contributed by atoms with Gasteiger partial charge in [0.05, 0.1) is 25.0 Å². The largest absolute Gasteiger partial charge is 0.469 e. The molecule has 1 aliphatic heterocycles. The molecule has 5 heteroatoms. The molecule has 1 unspecified atom stereocenters. The molecule has 5 nitrogen and oxygen atoms in total. The molecule has 0 bridgehead atoms. The Kier molecular flexibility index (Phi) is 4.36. The van der Waals surface area contributed by atoms with Gasteiger partial charge in [0.25, 0.3) is 0 Å². The number of methoxy groups -OCH3 is 1. The number of piperidine rings is 1. The van der Waals surface area contributed by atoms with Crippen molar-refractivity contribution in [3.8, 4) is 0 Å². The quantitative estimate of drug-likeness (QED) is 0.757. The van der Waals surface area contributed by atoms with Gasteiger partial charge in [0.1, 0.15) is 0 Å². The van der Waals surface area contributed by atoms with Crippen molar-refractivity contribution in [1.82, 2.24) is 14.5 Å². The lowest BCUT2D eigenvalue weighted by Gasteiger charge is -2.31. The van der Waals surface area contributed by atoms with Crippen LogP contribution in [0.15, 0.2) is 12.5 Å². The molecule has 2 rings (SSSR count). The molecule has 0 spiro atoms.